The van der Waals surface area contributed by atoms with Crippen LogP contribution in [0.5, 0.6) is 0 Å². The molecule has 14 heteroatoms. The van der Waals surface area contributed by atoms with E-state index in [1.54, 1.807) is 0 Å². The van der Waals surface area contributed by atoms with E-state index >= 15 is 0 Å². The number of hydrogen-bond acceptors (Lipinski definition) is 11. The second kappa shape index (κ2) is 15.1. The smallest absolute Gasteiger partial charge is 0.870 e. The molecule has 1 fully saturated rings. The molecule has 1 aromatic heterocycles. The van der Waals surface area contributed by atoms with E-state index in [1.807, 2.05) is 0 Å². The van der Waals surface area contributed by atoms with Crippen LogP contribution in [-0.2, 0) is 4.74 Å². The predicted octanol–water partition coefficient (Wildman–Crippen LogP) is -7.91. The molecule has 23 heavy (non-hydrogen) atoms. The molecule has 0 unspecified atom stereocenters. The summed E-state index contributed by atoms with van der Waals surface area (Å²) in [5.74, 6) is 0.0177. The summed E-state index contributed by atoms with van der Waals surface area (Å²) in [5, 5.41) is 31.9. The monoisotopic (exact) mass is 469 g/mol. The Hall–Kier alpha value is 0.815. The first-order chi connectivity index (χ1) is 8.04. The Kier molecular flexibility index (Phi) is 23.0. The SMILES string of the molecule is Nc1ccn([C@@H]2O[C@H](CO)[C@@H]([O-])[C@H]2[O-])c(=O)n1.[K+].[OH-].[OH-].[OH-].[OH-].[Sb+5]. The van der Waals surface area contributed by atoms with Crippen molar-refractivity contribution in [3.8, 4) is 0 Å². The fraction of sp³-hybridized carbons (Fsp3) is 0.556. The van der Waals surface area contributed by atoms with E-state index in [9.17, 15) is 15.0 Å². The van der Waals surface area contributed by atoms with Crippen molar-refractivity contribution in [2.75, 3.05) is 12.3 Å². The van der Waals surface area contributed by atoms with Crippen molar-refractivity contribution in [3.05, 3.63) is 22.7 Å². The van der Waals surface area contributed by atoms with Crippen molar-refractivity contribution in [2.45, 2.75) is 24.5 Å². The Morgan fingerprint density at radius 3 is 2.17 bits per heavy atom. The molecule has 4 atom stereocenters. The van der Waals surface area contributed by atoms with Crippen molar-refractivity contribution in [3.63, 3.8) is 0 Å². The zero-order valence-corrected chi connectivity index (χ0v) is 17.6. The van der Waals surface area contributed by atoms with Crippen LogP contribution in [0, 0.1) is 0 Å². The Morgan fingerprint density at radius 1 is 1.26 bits per heavy atom. The fourth-order valence-corrected chi connectivity index (χ4v) is 1.70. The molecule has 1 saturated heterocycles. The molecule has 0 amide bonds. The molecule has 1 aromatic rings. The van der Waals surface area contributed by atoms with E-state index in [0.717, 1.165) is 4.57 Å². The zero-order chi connectivity index (χ0) is 12.6. The van der Waals surface area contributed by atoms with Gasteiger partial charge in [0.2, 0.25) is 0 Å². The normalized spacial score (nSPS) is 24.3. The molecule has 0 aliphatic carbocycles. The summed E-state index contributed by atoms with van der Waals surface area (Å²) in [6.45, 7) is -0.555. The zero-order valence-electron chi connectivity index (χ0n) is 12.0. The van der Waals surface area contributed by atoms with E-state index in [4.69, 9.17) is 15.6 Å². The first-order valence-corrected chi connectivity index (χ1v) is 4.97. The van der Waals surface area contributed by atoms with Crippen LogP contribution in [-0.4, -0.2) is 85.9 Å². The molecule has 1 aliphatic heterocycles. The van der Waals surface area contributed by atoms with Gasteiger partial charge in [-0.25, -0.2) is 4.79 Å². The third kappa shape index (κ3) is 7.71. The molecule has 12 nitrogen and oxygen atoms in total. The van der Waals surface area contributed by atoms with Gasteiger partial charge >= 0.3 is 81.5 Å². The van der Waals surface area contributed by atoms with Crippen molar-refractivity contribution >= 4 is 30.2 Å². The van der Waals surface area contributed by atoms with Crippen LogP contribution in [0.25, 0.3) is 0 Å². The molecule has 0 spiro atoms. The molecule has 2 rings (SSSR count). The summed E-state index contributed by atoms with van der Waals surface area (Å²) >= 11 is 0. The van der Waals surface area contributed by atoms with Crippen LogP contribution in [0.2, 0.25) is 0 Å². The van der Waals surface area contributed by atoms with Gasteiger partial charge in [0.05, 0.1) is 12.7 Å². The Morgan fingerprint density at radius 2 is 1.78 bits per heavy atom. The summed E-state index contributed by atoms with van der Waals surface area (Å²) in [5.41, 5.74) is 4.53. The van der Waals surface area contributed by atoms with Crippen LogP contribution in [0.3, 0.4) is 0 Å². The largest absolute Gasteiger partial charge is 5.00 e. The van der Waals surface area contributed by atoms with Crippen LogP contribution in [0.4, 0.5) is 5.82 Å². The van der Waals surface area contributed by atoms with E-state index in [0.29, 0.717) is 0 Å². The quantitative estimate of drug-likeness (QED) is 0.384. The molecule has 7 N–H and O–H groups in total. The third-order valence-electron chi connectivity index (χ3n) is 2.59. The first kappa shape index (κ1) is 35.0. The number of ether oxygens (including phenoxy) is 1. The number of nitrogens with two attached hydrogens (primary N) is 1. The molecule has 126 valence electrons. The van der Waals surface area contributed by atoms with Gasteiger partial charge in [-0.05, 0) is 6.07 Å². The second-order valence-corrected chi connectivity index (χ2v) is 3.72. The van der Waals surface area contributed by atoms with Gasteiger partial charge in [0.15, 0.2) is 0 Å². The van der Waals surface area contributed by atoms with Crippen molar-refractivity contribution in [2.24, 2.45) is 0 Å². The number of anilines is 1. The first-order valence-electron chi connectivity index (χ1n) is 4.97. The van der Waals surface area contributed by atoms with Crippen molar-refractivity contribution < 1.29 is 93.3 Å². The van der Waals surface area contributed by atoms with Crippen LogP contribution in [0.1, 0.15) is 6.23 Å². The van der Waals surface area contributed by atoms with Crippen molar-refractivity contribution in [1.29, 1.82) is 0 Å². The number of nitrogen functional groups attached to an aromatic ring is 1. The second-order valence-electron chi connectivity index (χ2n) is 3.72. The summed E-state index contributed by atoms with van der Waals surface area (Å²) in [6, 6.07) is 1.32. The number of rotatable bonds is 2. The number of hydrogen-bond donors (Lipinski definition) is 2. The van der Waals surface area contributed by atoms with Gasteiger partial charge in [0.1, 0.15) is 12.0 Å². The fourth-order valence-electron chi connectivity index (χ4n) is 1.70. The van der Waals surface area contributed by atoms with Gasteiger partial charge in [-0.1, -0.05) is 6.10 Å². The number of aliphatic hydroxyl groups excluding tert-OH is 1. The maximum Gasteiger partial charge on any atom is 5.00 e. The van der Waals surface area contributed by atoms with Gasteiger partial charge in [-0.3, -0.25) is 4.57 Å². The molecule has 0 aromatic carbocycles. The minimum atomic E-state index is -1.67. The van der Waals surface area contributed by atoms with Crippen LogP contribution >= 0.6 is 0 Å². The van der Waals surface area contributed by atoms with Gasteiger partial charge in [0.25, 0.3) is 0 Å². The van der Waals surface area contributed by atoms with E-state index in [2.05, 4.69) is 4.98 Å². The maximum atomic E-state index is 11.6. The molecule has 0 saturated carbocycles. The van der Waals surface area contributed by atoms with Gasteiger partial charge in [0, 0.05) is 6.20 Å². The average molecular weight is 470 g/mol. The maximum absolute atomic E-state index is 11.6. The van der Waals surface area contributed by atoms with Crippen LogP contribution < -0.4 is 73.0 Å². The molecular weight excluding hydrogens is 455 g/mol. The summed E-state index contributed by atoms with van der Waals surface area (Å²) in [4.78, 5) is 14.9. The Balaban J connectivity index is -0.000000180. The van der Waals surface area contributed by atoms with Gasteiger partial charge in [-0.15, -0.1) is 6.10 Å². The molecule has 0 bridgehead atoms. The summed E-state index contributed by atoms with van der Waals surface area (Å²) in [6.07, 6.45) is -4.40. The molecule has 1 aliphatic rings. The van der Waals surface area contributed by atoms with Crippen LogP contribution in [0.15, 0.2) is 17.1 Å². The predicted molar refractivity (Wildman–Crippen MR) is 65.0 cm³/mol. The van der Waals surface area contributed by atoms with E-state index in [1.165, 1.54) is 12.3 Å². The molecule has 2 heterocycles. The summed E-state index contributed by atoms with van der Waals surface area (Å²) < 4.78 is 5.96. The minimum Gasteiger partial charge on any atom is -0.870 e. The van der Waals surface area contributed by atoms with E-state index < -0.39 is 36.8 Å². The number of nitrogens with zero attached hydrogens (tertiary/aromatic N) is 2. The topological polar surface area (TPSA) is 256 Å². The standard InChI is InChI=1S/C9H11N3O5.K.4H2O.Sb/c10-5-1-2-12(9(16)11-5)8-7(15)6(14)4(3-13)17-8;;;;;;/h1-2,4,6-8,13H,3H2,(H2,10,11,16);;4*1H2;/q-2;+1;;;;;+5/p-4/t4-,6-,7-,8-;;;;;;/m1....../s1. The molecule has 0 radical (unpaired) electrons. The third-order valence-corrected chi connectivity index (χ3v) is 2.59. The minimum absolute atomic E-state index is 0. The van der Waals surface area contributed by atoms with E-state index in [-0.39, 0.29) is 104 Å². The Labute approximate surface area is 190 Å². The number of aliphatic hydroxyl groups is 1. The Bertz CT molecular complexity index is 480. The average Bonchev–Trinajstić information content (AvgIpc) is 2.57. The molecular formula is C9H15KN3O9Sb. The number of aromatic nitrogens is 2. The van der Waals surface area contributed by atoms with Gasteiger partial charge < -0.3 is 47.7 Å². The van der Waals surface area contributed by atoms with Gasteiger partial charge in [-0.2, -0.15) is 4.98 Å². The van der Waals surface area contributed by atoms with Crippen molar-refractivity contribution in [1.82, 2.24) is 9.55 Å². The summed E-state index contributed by atoms with van der Waals surface area (Å²) in [7, 11) is 0.